The van der Waals surface area contributed by atoms with Crippen molar-refractivity contribution in [2.75, 3.05) is 7.11 Å². The molecule has 0 fully saturated rings. The maximum Gasteiger partial charge on any atom is 0.122 e. The van der Waals surface area contributed by atoms with Crippen LogP contribution in [0.2, 0.25) is 5.02 Å². The van der Waals surface area contributed by atoms with E-state index in [2.05, 4.69) is 13.8 Å². The zero-order chi connectivity index (χ0) is 12.8. The predicted octanol–water partition coefficient (Wildman–Crippen LogP) is 3.69. The highest BCUT2D eigenvalue weighted by molar-refractivity contribution is 6.30. The maximum atomic E-state index is 9.84. The van der Waals surface area contributed by atoms with Gasteiger partial charge in [-0.15, -0.1) is 0 Å². The first kappa shape index (κ1) is 14.3. The molecule has 96 valence electrons. The smallest absolute Gasteiger partial charge is 0.122 e. The van der Waals surface area contributed by atoms with Gasteiger partial charge in [-0.2, -0.15) is 0 Å². The molecule has 1 rings (SSSR count). The average Bonchev–Trinajstić information content (AvgIpc) is 2.25. The van der Waals surface area contributed by atoms with Gasteiger partial charge in [0.05, 0.1) is 13.2 Å². The second-order valence-electron chi connectivity index (χ2n) is 4.78. The fraction of sp³-hybridized carbons (Fsp3) is 0.571. The van der Waals surface area contributed by atoms with Gasteiger partial charge in [0.25, 0.3) is 0 Å². The van der Waals surface area contributed by atoms with Crippen LogP contribution in [0.1, 0.15) is 32.3 Å². The number of ether oxygens (including phenoxy) is 1. The summed E-state index contributed by atoms with van der Waals surface area (Å²) < 4.78 is 5.27. The lowest BCUT2D eigenvalue weighted by molar-refractivity contribution is 0.139. The van der Waals surface area contributed by atoms with Crippen molar-refractivity contribution in [3.8, 4) is 5.75 Å². The van der Waals surface area contributed by atoms with Crippen molar-refractivity contribution in [1.82, 2.24) is 0 Å². The number of rotatable bonds is 6. The third-order valence-electron chi connectivity index (χ3n) is 2.73. The summed E-state index contributed by atoms with van der Waals surface area (Å²) in [6, 6.07) is 5.59. The van der Waals surface area contributed by atoms with Crippen LogP contribution in [-0.2, 0) is 6.42 Å². The van der Waals surface area contributed by atoms with Crippen LogP contribution in [0.4, 0.5) is 0 Å². The molecule has 0 amide bonds. The zero-order valence-corrected chi connectivity index (χ0v) is 11.5. The minimum Gasteiger partial charge on any atom is -0.496 e. The van der Waals surface area contributed by atoms with E-state index in [0.717, 1.165) is 30.6 Å². The number of aliphatic hydroxyl groups excluding tert-OH is 1. The summed E-state index contributed by atoms with van der Waals surface area (Å²) in [5.41, 5.74) is 1.06. The van der Waals surface area contributed by atoms with Crippen LogP contribution >= 0.6 is 11.6 Å². The van der Waals surface area contributed by atoms with E-state index in [1.807, 2.05) is 18.2 Å². The molecule has 1 aromatic carbocycles. The Morgan fingerprint density at radius 2 is 2.06 bits per heavy atom. The van der Waals surface area contributed by atoms with Crippen molar-refractivity contribution in [3.63, 3.8) is 0 Å². The second kappa shape index (κ2) is 6.87. The normalized spacial score (nSPS) is 12.8. The molecular formula is C14H21ClO2. The number of hydrogen-bond acceptors (Lipinski definition) is 2. The fourth-order valence-electron chi connectivity index (χ4n) is 1.93. The molecule has 0 heterocycles. The first-order valence-electron chi connectivity index (χ1n) is 6.03. The molecular weight excluding hydrogens is 236 g/mol. The van der Waals surface area contributed by atoms with E-state index >= 15 is 0 Å². The van der Waals surface area contributed by atoms with Crippen LogP contribution in [0.5, 0.6) is 5.75 Å². The van der Waals surface area contributed by atoms with Crippen molar-refractivity contribution in [1.29, 1.82) is 0 Å². The number of aryl methyl sites for hydroxylation is 1. The monoisotopic (exact) mass is 256 g/mol. The van der Waals surface area contributed by atoms with Gasteiger partial charge in [-0.05, 0) is 48.9 Å². The number of benzene rings is 1. The van der Waals surface area contributed by atoms with Crippen molar-refractivity contribution >= 4 is 11.6 Å². The number of hydrogen-bond donors (Lipinski definition) is 1. The molecule has 0 aromatic heterocycles. The van der Waals surface area contributed by atoms with Gasteiger partial charge >= 0.3 is 0 Å². The molecule has 0 aliphatic rings. The van der Waals surface area contributed by atoms with Crippen LogP contribution in [0, 0.1) is 5.92 Å². The van der Waals surface area contributed by atoms with Gasteiger partial charge in [-0.1, -0.05) is 25.4 Å². The van der Waals surface area contributed by atoms with E-state index in [0.29, 0.717) is 10.9 Å². The maximum absolute atomic E-state index is 9.84. The van der Waals surface area contributed by atoms with E-state index in [4.69, 9.17) is 16.3 Å². The first-order valence-corrected chi connectivity index (χ1v) is 6.41. The summed E-state index contributed by atoms with van der Waals surface area (Å²) in [5.74, 6) is 1.36. The summed E-state index contributed by atoms with van der Waals surface area (Å²) in [6.45, 7) is 4.23. The van der Waals surface area contributed by atoms with Gasteiger partial charge in [0.1, 0.15) is 5.75 Å². The quantitative estimate of drug-likeness (QED) is 0.841. The topological polar surface area (TPSA) is 29.5 Å². The van der Waals surface area contributed by atoms with E-state index < -0.39 is 0 Å². The van der Waals surface area contributed by atoms with Crippen LogP contribution in [-0.4, -0.2) is 18.3 Å². The zero-order valence-electron chi connectivity index (χ0n) is 10.7. The Balaban J connectivity index is 2.58. The largest absolute Gasteiger partial charge is 0.496 e. The molecule has 1 atom stereocenters. The third kappa shape index (κ3) is 4.97. The van der Waals surface area contributed by atoms with Crippen LogP contribution in [0.15, 0.2) is 18.2 Å². The first-order chi connectivity index (χ1) is 8.02. The highest BCUT2D eigenvalue weighted by Gasteiger charge is 2.10. The molecule has 17 heavy (non-hydrogen) atoms. The summed E-state index contributed by atoms with van der Waals surface area (Å²) in [6.07, 6.45) is 2.12. The summed E-state index contributed by atoms with van der Waals surface area (Å²) in [7, 11) is 1.65. The standard InChI is InChI=1S/C14H21ClO2/c1-10(2)8-13(16)6-4-11-9-12(15)5-7-14(11)17-3/h5,7,9-10,13,16H,4,6,8H2,1-3H3. The van der Waals surface area contributed by atoms with E-state index in [9.17, 15) is 5.11 Å². The van der Waals surface area contributed by atoms with Crippen molar-refractivity contribution < 1.29 is 9.84 Å². The average molecular weight is 257 g/mol. The van der Waals surface area contributed by atoms with Crippen molar-refractivity contribution in [2.24, 2.45) is 5.92 Å². The third-order valence-corrected chi connectivity index (χ3v) is 2.97. The van der Waals surface area contributed by atoms with Gasteiger partial charge in [-0.3, -0.25) is 0 Å². The van der Waals surface area contributed by atoms with Gasteiger partial charge in [0.15, 0.2) is 0 Å². The van der Waals surface area contributed by atoms with Gasteiger partial charge in [0, 0.05) is 5.02 Å². The Morgan fingerprint density at radius 3 is 2.65 bits per heavy atom. The Hall–Kier alpha value is -0.730. The lowest BCUT2D eigenvalue weighted by atomic mass is 9.99. The van der Waals surface area contributed by atoms with E-state index in [-0.39, 0.29) is 6.10 Å². The minimum atomic E-state index is -0.251. The number of methoxy groups -OCH3 is 1. The highest BCUT2D eigenvalue weighted by Crippen LogP contribution is 2.24. The molecule has 0 saturated carbocycles. The van der Waals surface area contributed by atoms with Crippen molar-refractivity contribution in [2.45, 2.75) is 39.2 Å². The summed E-state index contributed by atoms with van der Waals surface area (Å²) in [5, 5.41) is 10.5. The lowest BCUT2D eigenvalue weighted by Gasteiger charge is -2.14. The molecule has 0 spiro atoms. The predicted molar refractivity (Wildman–Crippen MR) is 71.8 cm³/mol. The molecule has 0 radical (unpaired) electrons. The fourth-order valence-corrected chi connectivity index (χ4v) is 2.12. The summed E-state index contributed by atoms with van der Waals surface area (Å²) >= 11 is 5.96. The Kier molecular flexibility index (Phi) is 5.79. The molecule has 0 bridgehead atoms. The Morgan fingerprint density at radius 1 is 1.35 bits per heavy atom. The van der Waals surface area contributed by atoms with Gasteiger partial charge < -0.3 is 9.84 Å². The Bertz CT molecular complexity index is 350. The molecule has 2 nitrogen and oxygen atoms in total. The molecule has 0 saturated heterocycles. The van der Waals surface area contributed by atoms with Crippen LogP contribution in [0.3, 0.4) is 0 Å². The van der Waals surface area contributed by atoms with Crippen LogP contribution < -0.4 is 4.74 Å². The minimum absolute atomic E-state index is 0.251. The van der Waals surface area contributed by atoms with Gasteiger partial charge in [0.2, 0.25) is 0 Å². The van der Waals surface area contributed by atoms with Crippen molar-refractivity contribution in [3.05, 3.63) is 28.8 Å². The SMILES string of the molecule is COc1ccc(Cl)cc1CCC(O)CC(C)C. The second-order valence-corrected chi connectivity index (χ2v) is 5.21. The summed E-state index contributed by atoms with van der Waals surface area (Å²) in [4.78, 5) is 0. The molecule has 0 aliphatic carbocycles. The van der Waals surface area contributed by atoms with Gasteiger partial charge in [-0.25, -0.2) is 0 Å². The molecule has 3 heteroatoms. The Labute approximate surface area is 109 Å². The molecule has 1 N–H and O–H groups in total. The van der Waals surface area contributed by atoms with E-state index in [1.165, 1.54) is 0 Å². The number of halogens is 1. The lowest BCUT2D eigenvalue weighted by Crippen LogP contribution is -2.11. The molecule has 1 unspecified atom stereocenters. The number of aliphatic hydroxyl groups is 1. The van der Waals surface area contributed by atoms with Crippen LogP contribution in [0.25, 0.3) is 0 Å². The highest BCUT2D eigenvalue weighted by atomic mass is 35.5. The van der Waals surface area contributed by atoms with E-state index in [1.54, 1.807) is 7.11 Å². The molecule has 0 aliphatic heterocycles. The molecule has 1 aromatic rings.